The van der Waals surface area contributed by atoms with E-state index in [4.69, 9.17) is 10.6 Å². The highest BCUT2D eigenvalue weighted by Gasteiger charge is 2.26. The molecule has 15 heavy (non-hydrogen) atoms. The van der Waals surface area contributed by atoms with Crippen molar-refractivity contribution in [3.8, 4) is 0 Å². The van der Waals surface area contributed by atoms with Crippen LogP contribution in [0.4, 0.5) is 0 Å². The molecule has 0 bridgehead atoms. The summed E-state index contributed by atoms with van der Waals surface area (Å²) in [6.45, 7) is 4.25. The molecule has 2 unspecified atom stereocenters. The van der Waals surface area contributed by atoms with E-state index < -0.39 is 0 Å². The van der Waals surface area contributed by atoms with Crippen LogP contribution >= 0.6 is 27.3 Å². The highest BCUT2D eigenvalue weighted by atomic mass is 79.9. The van der Waals surface area contributed by atoms with Gasteiger partial charge in [-0.05, 0) is 32.8 Å². The van der Waals surface area contributed by atoms with Gasteiger partial charge in [-0.1, -0.05) is 13.8 Å². The second kappa shape index (κ2) is 5.96. The van der Waals surface area contributed by atoms with E-state index in [0.717, 1.165) is 10.0 Å². The van der Waals surface area contributed by atoms with Crippen LogP contribution in [0.3, 0.4) is 0 Å². The fourth-order valence-electron chi connectivity index (χ4n) is 1.67. The Morgan fingerprint density at radius 3 is 2.47 bits per heavy atom. The summed E-state index contributed by atoms with van der Waals surface area (Å²) < 4.78 is 6.57. The van der Waals surface area contributed by atoms with E-state index in [1.54, 1.807) is 18.4 Å². The van der Waals surface area contributed by atoms with E-state index in [0.29, 0.717) is 5.92 Å². The van der Waals surface area contributed by atoms with E-state index in [-0.39, 0.29) is 12.1 Å². The summed E-state index contributed by atoms with van der Waals surface area (Å²) in [5.74, 6) is 6.01. The average Bonchev–Trinajstić information content (AvgIpc) is 2.60. The summed E-state index contributed by atoms with van der Waals surface area (Å²) in [6, 6.07) is 0.0237. The van der Waals surface area contributed by atoms with Gasteiger partial charge < -0.3 is 4.74 Å². The zero-order valence-electron chi connectivity index (χ0n) is 9.16. The highest BCUT2D eigenvalue weighted by Crippen LogP contribution is 2.31. The van der Waals surface area contributed by atoms with Crippen molar-refractivity contribution in [1.29, 1.82) is 0 Å². The standard InChI is InChI=1S/C10H17BrN2OS/c1-6(2)10(14-3)9(13-12)7-4-15-5-8(7)11/h4-6,9-10,13H,12H2,1-3H3. The first-order valence-electron chi connectivity index (χ1n) is 4.82. The molecular weight excluding hydrogens is 276 g/mol. The number of methoxy groups -OCH3 is 1. The minimum Gasteiger partial charge on any atom is -0.379 e. The largest absolute Gasteiger partial charge is 0.379 e. The van der Waals surface area contributed by atoms with Gasteiger partial charge in [-0.15, -0.1) is 0 Å². The van der Waals surface area contributed by atoms with Crippen molar-refractivity contribution in [3.05, 3.63) is 20.8 Å². The molecule has 0 radical (unpaired) electrons. The lowest BCUT2D eigenvalue weighted by Gasteiger charge is -2.28. The molecule has 0 fully saturated rings. The number of hydrogen-bond acceptors (Lipinski definition) is 4. The summed E-state index contributed by atoms with van der Waals surface area (Å²) in [6.07, 6.45) is 0.0703. The molecule has 3 N–H and O–H groups in total. The first-order chi connectivity index (χ1) is 7.11. The smallest absolute Gasteiger partial charge is 0.0802 e. The summed E-state index contributed by atoms with van der Waals surface area (Å²) >= 11 is 5.17. The lowest BCUT2D eigenvalue weighted by atomic mass is 9.96. The van der Waals surface area contributed by atoms with Gasteiger partial charge in [-0.3, -0.25) is 11.3 Å². The Morgan fingerprint density at radius 2 is 2.13 bits per heavy atom. The van der Waals surface area contributed by atoms with Crippen LogP contribution in [0.1, 0.15) is 25.5 Å². The van der Waals surface area contributed by atoms with E-state index in [9.17, 15) is 0 Å². The van der Waals surface area contributed by atoms with Gasteiger partial charge in [0, 0.05) is 17.0 Å². The zero-order chi connectivity index (χ0) is 11.4. The quantitative estimate of drug-likeness (QED) is 0.648. The zero-order valence-corrected chi connectivity index (χ0v) is 11.6. The van der Waals surface area contributed by atoms with Crippen LogP contribution in [0, 0.1) is 5.92 Å². The summed E-state index contributed by atoms with van der Waals surface area (Å²) in [5, 5.41) is 4.13. The Labute approximate surface area is 103 Å². The first-order valence-corrected chi connectivity index (χ1v) is 6.55. The monoisotopic (exact) mass is 292 g/mol. The van der Waals surface area contributed by atoms with E-state index in [2.05, 4.69) is 40.6 Å². The van der Waals surface area contributed by atoms with Crippen molar-refractivity contribution < 1.29 is 4.74 Å². The molecule has 0 saturated carbocycles. The third kappa shape index (κ3) is 3.01. The Kier molecular flexibility index (Phi) is 5.22. The second-order valence-corrected chi connectivity index (χ2v) is 5.36. The van der Waals surface area contributed by atoms with Crippen molar-refractivity contribution in [3.63, 3.8) is 0 Å². The van der Waals surface area contributed by atoms with Crippen molar-refractivity contribution in [2.24, 2.45) is 11.8 Å². The van der Waals surface area contributed by atoms with E-state index >= 15 is 0 Å². The maximum atomic E-state index is 5.60. The Bertz CT molecular complexity index is 303. The molecule has 0 aliphatic carbocycles. The van der Waals surface area contributed by atoms with Gasteiger partial charge in [0.15, 0.2) is 0 Å². The van der Waals surface area contributed by atoms with Crippen LogP contribution in [0.25, 0.3) is 0 Å². The lowest BCUT2D eigenvalue weighted by Crippen LogP contribution is -2.40. The maximum absolute atomic E-state index is 5.60. The molecule has 0 aliphatic rings. The fourth-order valence-corrected chi connectivity index (χ4v) is 3.25. The number of nitrogens with two attached hydrogens (primary N) is 1. The highest BCUT2D eigenvalue weighted by molar-refractivity contribution is 9.10. The predicted molar refractivity (Wildman–Crippen MR) is 67.7 cm³/mol. The lowest BCUT2D eigenvalue weighted by molar-refractivity contribution is 0.0325. The number of halogens is 1. The Balaban J connectivity index is 2.92. The van der Waals surface area contributed by atoms with Crippen LogP contribution in [0.5, 0.6) is 0 Å². The van der Waals surface area contributed by atoms with Gasteiger partial charge in [0.1, 0.15) is 0 Å². The Morgan fingerprint density at radius 1 is 1.47 bits per heavy atom. The van der Waals surface area contributed by atoms with E-state index in [1.807, 2.05) is 5.38 Å². The molecule has 0 spiro atoms. The topological polar surface area (TPSA) is 47.3 Å². The molecule has 86 valence electrons. The van der Waals surface area contributed by atoms with Gasteiger partial charge in [0.05, 0.1) is 12.1 Å². The molecule has 2 atom stereocenters. The SMILES string of the molecule is COC(C(C)C)C(NN)c1cscc1Br. The number of rotatable bonds is 5. The molecule has 0 amide bonds. The molecule has 0 aromatic carbocycles. The third-order valence-corrected chi connectivity index (χ3v) is 4.17. The predicted octanol–water partition coefficient (Wildman–Crippen LogP) is 2.69. The molecule has 1 aromatic heterocycles. The summed E-state index contributed by atoms with van der Waals surface area (Å²) in [7, 11) is 1.72. The van der Waals surface area contributed by atoms with Crippen molar-refractivity contribution in [2.75, 3.05) is 7.11 Å². The van der Waals surface area contributed by atoms with Gasteiger partial charge >= 0.3 is 0 Å². The average molecular weight is 293 g/mol. The maximum Gasteiger partial charge on any atom is 0.0802 e. The number of ether oxygens (including phenoxy) is 1. The van der Waals surface area contributed by atoms with Crippen molar-refractivity contribution in [2.45, 2.75) is 26.0 Å². The summed E-state index contributed by atoms with van der Waals surface area (Å²) in [5.41, 5.74) is 3.98. The van der Waals surface area contributed by atoms with Gasteiger partial charge in [0.25, 0.3) is 0 Å². The fraction of sp³-hybridized carbons (Fsp3) is 0.600. The van der Waals surface area contributed by atoms with Crippen LogP contribution < -0.4 is 11.3 Å². The molecule has 1 aromatic rings. The van der Waals surface area contributed by atoms with Gasteiger partial charge in [-0.25, -0.2) is 0 Å². The summed E-state index contributed by atoms with van der Waals surface area (Å²) in [4.78, 5) is 0. The van der Waals surface area contributed by atoms with Crippen LogP contribution in [-0.2, 0) is 4.74 Å². The molecule has 3 nitrogen and oxygen atoms in total. The minimum absolute atomic E-state index is 0.0237. The number of hydrazine groups is 1. The molecule has 0 aliphatic heterocycles. The van der Waals surface area contributed by atoms with Crippen molar-refractivity contribution in [1.82, 2.24) is 5.43 Å². The van der Waals surface area contributed by atoms with Crippen LogP contribution in [0.2, 0.25) is 0 Å². The molecule has 5 heteroatoms. The van der Waals surface area contributed by atoms with Crippen LogP contribution in [-0.4, -0.2) is 13.2 Å². The number of thiophene rings is 1. The van der Waals surface area contributed by atoms with Gasteiger partial charge in [0.2, 0.25) is 0 Å². The molecule has 1 heterocycles. The van der Waals surface area contributed by atoms with E-state index in [1.165, 1.54) is 0 Å². The number of hydrogen-bond donors (Lipinski definition) is 2. The first kappa shape index (κ1) is 13.1. The molecule has 1 rings (SSSR count). The molecular formula is C10H17BrN2OS. The Hall–Kier alpha value is 0.0600. The normalized spacial score (nSPS) is 15.6. The van der Waals surface area contributed by atoms with Gasteiger partial charge in [-0.2, -0.15) is 11.3 Å². The number of nitrogens with one attached hydrogen (secondary N) is 1. The second-order valence-electron chi connectivity index (χ2n) is 3.76. The molecule has 0 saturated heterocycles. The van der Waals surface area contributed by atoms with Crippen molar-refractivity contribution >= 4 is 27.3 Å². The third-order valence-electron chi connectivity index (χ3n) is 2.41. The van der Waals surface area contributed by atoms with Crippen LogP contribution in [0.15, 0.2) is 15.2 Å². The minimum atomic E-state index is 0.0237.